The van der Waals surface area contributed by atoms with Gasteiger partial charge < -0.3 is 10.1 Å². The van der Waals surface area contributed by atoms with Gasteiger partial charge in [-0.1, -0.05) is 30.7 Å². The van der Waals surface area contributed by atoms with Crippen molar-refractivity contribution in [2.24, 2.45) is 0 Å². The average molecular weight is 448 g/mol. The lowest BCUT2D eigenvalue weighted by Crippen LogP contribution is -2.37. The van der Waals surface area contributed by atoms with Crippen LogP contribution >= 0.6 is 11.6 Å². The van der Waals surface area contributed by atoms with Gasteiger partial charge in [-0.05, 0) is 48.7 Å². The zero-order valence-corrected chi connectivity index (χ0v) is 18.3. The second-order valence-corrected chi connectivity index (χ2v) is 9.39. The first kappa shape index (κ1) is 22.1. The number of benzene rings is 2. The minimum atomic E-state index is -3.91. The highest BCUT2D eigenvalue weighted by atomic mass is 35.5. The van der Waals surface area contributed by atoms with Crippen molar-refractivity contribution in [2.45, 2.75) is 30.1 Å². The van der Waals surface area contributed by atoms with Crippen LogP contribution in [-0.4, -0.2) is 38.8 Å². The second-order valence-electron chi connectivity index (χ2n) is 7.05. The molecule has 0 spiro atoms. The lowest BCUT2D eigenvalue weighted by molar-refractivity contribution is -0.116. The van der Waals surface area contributed by atoms with E-state index in [-0.39, 0.29) is 23.0 Å². The van der Waals surface area contributed by atoms with Crippen LogP contribution in [0.25, 0.3) is 0 Å². The number of halogens is 1. The Morgan fingerprint density at radius 3 is 2.43 bits per heavy atom. The highest BCUT2D eigenvalue weighted by Crippen LogP contribution is 2.47. The van der Waals surface area contributed by atoms with Crippen LogP contribution < -0.4 is 10.1 Å². The van der Waals surface area contributed by atoms with Crippen LogP contribution in [0.4, 0.5) is 5.69 Å². The van der Waals surface area contributed by atoms with Crippen molar-refractivity contribution in [3.63, 3.8) is 0 Å². The highest BCUT2D eigenvalue weighted by molar-refractivity contribution is 7.89. The fourth-order valence-corrected chi connectivity index (χ4v) is 4.90. The minimum absolute atomic E-state index is 0.0152. The molecule has 3 rings (SSSR count). The number of carbonyl (C=O) groups is 1. The monoisotopic (exact) mass is 447 g/mol. The summed E-state index contributed by atoms with van der Waals surface area (Å²) in [5.41, 5.74) is 1.07. The van der Waals surface area contributed by atoms with E-state index in [1.54, 1.807) is 19.1 Å². The molecule has 0 atom stereocenters. The van der Waals surface area contributed by atoms with Crippen molar-refractivity contribution in [1.82, 2.24) is 4.31 Å². The highest BCUT2D eigenvalue weighted by Gasteiger charge is 2.44. The van der Waals surface area contributed by atoms with E-state index in [1.807, 2.05) is 12.1 Å². The molecule has 0 bridgehead atoms. The minimum Gasteiger partial charge on any atom is -0.495 e. The standard InChI is InChI=1S/C21H22ClN3O4S/c1-3-25(30(27,28)17-8-9-19(29-2)18(22)12-17)13-20(26)24-16-6-4-15(5-7-16)21(14-23)10-11-21/h4-9,12H,3,10-11,13H2,1-2H3,(H,24,26). The van der Waals surface area contributed by atoms with Gasteiger partial charge in [0.05, 0.1) is 35.1 Å². The van der Waals surface area contributed by atoms with E-state index in [4.69, 9.17) is 16.3 Å². The van der Waals surface area contributed by atoms with Crippen LogP contribution in [0.3, 0.4) is 0 Å². The number of rotatable bonds is 8. The maximum absolute atomic E-state index is 12.9. The third kappa shape index (κ3) is 4.43. The summed E-state index contributed by atoms with van der Waals surface area (Å²) >= 11 is 6.05. The Hall–Kier alpha value is -2.60. The molecule has 0 aliphatic heterocycles. The molecule has 1 aliphatic rings. The number of nitriles is 1. The van der Waals surface area contributed by atoms with Gasteiger partial charge in [0.1, 0.15) is 5.75 Å². The summed E-state index contributed by atoms with van der Waals surface area (Å²) < 4.78 is 31.9. The van der Waals surface area contributed by atoms with Crippen molar-refractivity contribution < 1.29 is 17.9 Å². The molecule has 0 aromatic heterocycles. The molecule has 30 heavy (non-hydrogen) atoms. The van der Waals surface area contributed by atoms with Crippen LogP contribution in [0.1, 0.15) is 25.3 Å². The Kier molecular flexibility index (Phi) is 6.36. The summed E-state index contributed by atoms with van der Waals surface area (Å²) in [7, 11) is -2.47. The first-order valence-corrected chi connectivity index (χ1v) is 11.2. The average Bonchev–Trinajstić information content (AvgIpc) is 3.53. The van der Waals surface area contributed by atoms with E-state index in [0.29, 0.717) is 11.4 Å². The zero-order chi connectivity index (χ0) is 21.9. The third-order valence-corrected chi connectivity index (χ3v) is 7.33. The smallest absolute Gasteiger partial charge is 0.243 e. The van der Waals surface area contributed by atoms with Gasteiger partial charge >= 0.3 is 0 Å². The van der Waals surface area contributed by atoms with E-state index in [2.05, 4.69) is 11.4 Å². The third-order valence-electron chi connectivity index (χ3n) is 5.12. The number of ether oxygens (including phenoxy) is 1. The first-order chi connectivity index (χ1) is 14.3. The van der Waals surface area contributed by atoms with Crippen LogP contribution in [0.2, 0.25) is 5.02 Å². The lowest BCUT2D eigenvalue weighted by atomic mass is 9.98. The van der Waals surface area contributed by atoms with Gasteiger partial charge in [0.25, 0.3) is 0 Å². The zero-order valence-electron chi connectivity index (χ0n) is 16.7. The SMILES string of the molecule is CCN(CC(=O)Nc1ccc(C2(C#N)CC2)cc1)S(=O)(=O)c1ccc(OC)c(Cl)c1. The van der Waals surface area contributed by atoms with Crippen molar-refractivity contribution in [1.29, 1.82) is 5.26 Å². The van der Waals surface area contributed by atoms with Crippen LogP contribution in [0.5, 0.6) is 5.75 Å². The molecule has 0 saturated heterocycles. The van der Waals surface area contributed by atoms with Gasteiger partial charge in [0.2, 0.25) is 15.9 Å². The van der Waals surface area contributed by atoms with Crippen LogP contribution in [-0.2, 0) is 20.2 Å². The normalized spacial score (nSPS) is 14.8. The van der Waals surface area contributed by atoms with Crippen molar-refractivity contribution in [3.05, 3.63) is 53.1 Å². The van der Waals surface area contributed by atoms with E-state index in [0.717, 1.165) is 22.7 Å². The second kappa shape index (κ2) is 8.64. The number of hydrogen-bond donors (Lipinski definition) is 1. The molecule has 2 aromatic rings. The van der Waals surface area contributed by atoms with Crippen LogP contribution in [0.15, 0.2) is 47.4 Å². The molecule has 9 heteroatoms. The molecule has 0 unspecified atom stereocenters. The van der Waals surface area contributed by atoms with Gasteiger partial charge in [-0.2, -0.15) is 9.57 Å². The summed E-state index contributed by atoms with van der Waals surface area (Å²) in [4.78, 5) is 12.4. The number of anilines is 1. The maximum atomic E-state index is 12.9. The lowest BCUT2D eigenvalue weighted by Gasteiger charge is -2.20. The number of amides is 1. The van der Waals surface area contributed by atoms with Crippen molar-refractivity contribution in [3.8, 4) is 11.8 Å². The topological polar surface area (TPSA) is 99.5 Å². The van der Waals surface area contributed by atoms with Gasteiger partial charge in [0, 0.05) is 12.2 Å². The van der Waals surface area contributed by atoms with E-state index < -0.39 is 21.3 Å². The van der Waals surface area contributed by atoms with Gasteiger partial charge in [-0.15, -0.1) is 0 Å². The number of nitrogens with one attached hydrogen (secondary N) is 1. The number of sulfonamides is 1. The molecule has 1 fully saturated rings. The van der Waals surface area contributed by atoms with E-state index in [1.165, 1.54) is 25.3 Å². The molecule has 2 aromatic carbocycles. The summed E-state index contributed by atoms with van der Waals surface area (Å²) in [6, 6.07) is 13.6. The van der Waals surface area contributed by atoms with Crippen molar-refractivity contribution >= 4 is 33.2 Å². The van der Waals surface area contributed by atoms with E-state index in [9.17, 15) is 18.5 Å². The number of likely N-dealkylation sites (N-methyl/N-ethyl adjacent to an activating group) is 1. The number of hydrogen-bond acceptors (Lipinski definition) is 5. The quantitative estimate of drug-likeness (QED) is 0.667. The molecule has 0 heterocycles. The fraction of sp³-hybridized carbons (Fsp3) is 0.333. The Bertz CT molecular complexity index is 1090. The number of methoxy groups -OCH3 is 1. The molecule has 1 aliphatic carbocycles. The van der Waals surface area contributed by atoms with Crippen molar-refractivity contribution in [2.75, 3.05) is 25.5 Å². The number of carbonyl (C=O) groups excluding carboxylic acids is 1. The van der Waals surface area contributed by atoms with Gasteiger partial charge in [-0.25, -0.2) is 8.42 Å². The molecule has 1 N–H and O–H groups in total. The molecule has 0 radical (unpaired) electrons. The largest absolute Gasteiger partial charge is 0.495 e. The summed E-state index contributed by atoms with van der Waals surface area (Å²) in [6.07, 6.45) is 1.68. The summed E-state index contributed by atoms with van der Waals surface area (Å²) in [6.45, 7) is 1.43. The molecule has 7 nitrogen and oxygen atoms in total. The van der Waals surface area contributed by atoms with Crippen LogP contribution in [0, 0.1) is 11.3 Å². The maximum Gasteiger partial charge on any atom is 0.243 e. The predicted molar refractivity (Wildman–Crippen MR) is 114 cm³/mol. The first-order valence-electron chi connectivity index (χ1n) is 9.41. The Morgan fingerprint density at radius 2 is 1.93 bits per heavy atom. The van der Waals surface area contributed by atoms with E-state index >= 15 is 0 Å². The Labute approximate surface area is 181 Å². The summed E-state index contributed by atoms with van der Waals surface area (Å²) in [5, 5.41) is 12.1. The Balaban J connectivity index is 1.69. The predicted octanol–water partition coefficient (Wildman–Crippen LogP) is 3.55. The molecule has 1 saturated carbocycles. The fourth-order valence-electron chi connectivity index (χ4n) is 3.15. The Morgan fingerprint density at radius 1 is 1.27 bits per heavy atom. The summed E-state index contributed by atoms with van der Waals surface area (Å²) in [5.74, 6) is -0.0987. The number of nitrogens with zero attached hydrogens (tertiary/aromatic N) is 2. The molecule has 158 valence electrons. The molecular formula is C21H22ClN3O4S. The molecular weight excluding hydrogens is 426 g/mol. The van der Waals surface area contributed by atoms with Gasteiger partial charge in [0.15, 0.2) is 0 Å². The molecule has 1 amide bonds. The van der Waals surface area contributed by atoms with Gasteiger partial charge in [-0.3, -0.25) is 4.79 Å².